The van der Waals surface area contributed by atoms with E-state index < -0.39 is 0 Å². The topological polar surface area (TPSA) is 22.0 Å². The number of hydrogen-bond donors (Lipinski definition) is 0. The van der Waals surface area contributed by atoms with E-state index in [9.17, 15) is 4.79 Å². The first-order chi connectivity index (χ1) is 10.1. The van der Waals surface area contributed by atoms with E-state index in [1.165, 1.54) is 11.1 Å². The van der Waals surface area contributed by atoms with Crippen LogP contribution in [0.3, 0.4) is 0 Å². The number of para-hydroxylation sites is 1. The summed E-state index contributed by atoms with van der Waals surface area (Å²) in [5, 5.41) is 1.04. The van der Waals surface area contributed by atoms with E-state index in [1.807, 2.05) is 48.1 Å². The number of aromatic nitrogens is 1. The van der Waals surface area contributed by atoms with Gasteiger partial charge in [-0.15, -0.1) is 0 Å². The van der Waals surface area contributed by atoms with E-state index in [4.69, 9.17) is 0 Å². The van der Waals surface area contributed by atoms with Crippen molar-refractivity contribution >= 4 is 16.7 Å². The summed E-state index contributed by atoms with van der Waals surface area (Å²) in [6.07, 6.45) is 2.39. The van der Waals surface area contributed by atoms with Crippen molar-refractivity contribution in [3.8, 4) is 0 Å². The molecule has 0 saturated carbocycles. The van der Waals surface area contributed by atoms with Crippen molar-refractivity contribution in [3.05, 3.63) is 70.9 Å². The van der Waals surface area contributed by atoms with E-state index in [0.717, 1.165) is 22.0 Å². The Kier molecular flexibility index (Phi) is 3.38. The Balaban J connectivity index is 1.95. The van der Waals surface area contributed by atoms with Gasteiger partial charge in [-0.25, -0.2) is 0 Å². The maximum Gasteiger partial charge on any atom is 0.169 e. The van der Waals surface area contributed by atoms with Crippen LogP contribution in [-0.4, -0.2) is 10.4 Å². The summed E-state index contributed by atoms with van der Waals surface area (Å²) in [7, 11) is 1.98. The number of rotatable bonds is 3. The summed E-state index contributed by atoms with van der Waals surface area (Å²) in [6.45, 7) is 4.17. The molecule has 0 saturated heterocycles. The largest absolute Gasteiger partial charge is 0.350 e. The van der Waals surface area contributed by atoms with Crippen molar-refractivity contribution in [1.29, 1.82) is 0 Å². The van der Waals surface area contributed by atoms with Crippen LogP contribution in [0.1, 0.15) is 27.0 Å². The van der Waals surface area contributed by atoms with E-state index >= 15 is 0 Å². The standard InChI is InChI=1S/C19H19NO/c1-13-8-9-15(10-14(13)2)11-19(21)17-12-20(3)18-7-5-4-6-16(17)18/h4-10,12H,11H2,1-3H3. The van der Waals surface area contributed by atoms with Gasteiger partial charge in [0.15, 0.2) is 5.78 Å². The van der Waals surface area contributed by atoms with Crippen molar-refractivity contribution in [2.75, 3.05) is 0 Å². The molecular formula is C19H19NO. The molecule has 0 aliphatic carbocycles. The van der Waals surface area contributed by atoms with Gasteiger partial charge in [-0.3, -0.25) is 4.79 Å². The average molecular weight is 277 g/mol. The second kappa shape index (κ2) is 5.21. The molecule has 0 radical (unpaired) electrons. The molecule has 0 N–H and O–H groups in total. The Labute approximate surface area is 125 Å². The summed E-state index contributed by atoms with van der Waals surface area (Å²) in [4.78, 5) is 12.6. The van der Waals surface area contributed by atoms with Crippen LogP contribution in [0.5, 0.6) is 0 Å². The number of carbonyl (C=O) groups is 1. The van der Waals surface area contributed by atoms with Crippen LogP contribution in [-0.2, 0) is 13.5 Å². The molecule has 0 amide bonds. The Bertz CT molecular complexity index is 827. The highest BCUT2D eigenvalue weighted by Crippen LogP contribution is 2.22. The number of nitrogens with zero attached hydrogens (tertiary/aromatic N) is 1. The number of ketones is 1. The second-order valence-corrected chi connectivity index (χ2v) is 5.69. The molecule has 2 heteroatoms. The molecule has 0 unspecified atom stereocenters. The summed E-state index contributed by atoms with van der Waals surface area (Å²) >= 11 is 0. The molecule has 1 aromatic heterocycles. The fourth-order valence-electron chi connectivity index (χ4n) is 2.76. The Morgan fingerprint density at radius 3 is 2.57 bits per heavy atom. The average Bonchev–Trinajstić information content (AvgIpc) is 2.81. The number of hydrogen-bond acceptors (Lipinski definition) is 1. The van der Waals surface area contributed by atoms with Crippen LogP contribution in [0.25, 0.3) is 10.9 Å². The molecule has 2 aromatic carbocycles. The maximum atomic E-state index is 12.6. The smallest absolute Gasteiger partial charge is 0.169 e. The highest BCUT2D eigenvalue weighted by atomic mass is 16.1. The van der Waals surface area contributed by atoms with Crippen LogP contribution in [0.15, 0.2) is 48.7 Å². The molecule has 1 heterocycles. The third-order valence-electron chi connectivity index (χ3n) is 4.13. The van der Waals surface area contributed by atoms with Crippen molar-refractivity contribution in [3.63, 3.8) is 0 Å². The first-order valence-corrected chi connectivity index (χ1v) is 7.19. The zero-order valence-electron chi connectivity index (χ0n) is 12.7. The zero-order valence-corrected chi connectivity index (χ0v) is 12.7. The molecule has 2 nitrogen and oxygen atoms in total. The van der Waals surface area contributed by atoms with Crippen molar-refractivity contribution in [2.24, 2.45) is 7.05 Å². The van der Waals surface area contributed by atoms with Crippen LogP contribution in [0, 0.1) is 13.8 Å². The van der Waals surface area contributed by atoms with Gasteiger partial charge < -0.3 is 4.57 Å². The number of carbonyl (C=O) groups excluding carboxylic acids is 1. The Hall–Kier alpha value is -2.35. The van der Waals surface area contributed by atoms with Crippen molar-refractivity contribution < 1.29 is 4.79 Å². The van der Waals surface area contributed by atoms with Crippen molar-refractivity contribution in [1.82, 2.24) is 4.57 Å². The first kappa shape index (κ1) is 13.6. The predicted octanol–water partition coefficient (Wildman–Crippen LogP) is 4.22. The monoisotopic (exact) mass is 277 g/mol. The normalized spacial score (nSPS) is 11.0. The minimum Gasteiger partial charge on any atom is -0.350 e. The summed E-state index contributed by atoms with van der Waals surface area (Å²) in [5.41, 5.74) is 5.48. The maximum absolute atomic E-state index is 12.6. The lowest BCUT2D eigenvalue weighted by Gasteiger charge is -2.04. The molecular weight excluding hydrogens is 258 g/mol. The zero-order chi connectivity index (χ0) is 15.0. The van der Waals surface area contributed by atoms with Crippen LogP contribution in [0.4, 0.5) is 0 Å². The van der Waals surface area contributed by atoms with Gasteiger partial charge in [-0.05, 0) is 36.6 Å². The van der Waals surface area contributed by atoms with E-state index in [0.29, 0.717) is 6.42 Å². The number of aryl methyl sites for hydroxylation is 3. The van der Waals surface area contributed by atoms with E-state index in [-0.39, 0.29) is 5.78 Å². The van der Waals surface area contributed by atoms with Gasteiger partial charge in [0.05, 0.1) is 0 Å². The first-order valence-electron chi connectivity index (χ1n) is 7.19. The molecule has 106 valence electrons. The molecule has 3 rings (SSSR count). The lowest BCUT2D eigenvalue weighted by atomic mass is 9.99. The quantitative estimate of drug-likeness (QED) is 0.657. The summed E-state index contributed by atoms with van der Waals surface area (Å²) < 4.78 is 2.02. The fraction of sp³-hybridized carbons (Fsp3) is 0.211. The molecule has 0 aliphatic rings. The van der Waals surface area contributed by atoms with Gasteiger partial charge in [0.2, 0.25) is 0 Å². The minimum absolute atomic E-state index is 0.176. The van der Waals surface area contributed by atoms with Gasteiger partial charge in [0.1, 0.15) is 0 Å². The highest BCUT2D eigenvalue weighted by Gasteiger charge is 2.14. The molecule has 0 aliphatic heterocycles. The highest BCUT2D eigenvalue weighted by molar-refractivity contribution is 6.08. The van der Waals surface area contributed by atoms with Gasteiger partial charge in [0.25, 0.3) is 0 Å². The Morgan fingerprint density at radius 2 is 1.81 bits per heavy atom. The van der Waals surface area contributed by atoms with E-state index in [2.05, 4.69) is 26.0 Å². The molecule has 0 fully saturated rings. The molecule has 0 atom stereocenters. The molecule has 21 heavy (non-hydrogen) atoms. The van der Waals surface area contributed by atoms with E-state index in [1.54, 1.807) is 0 Å². The van der Waals surface area contributed by atoms with Crippen molar-refractivity contribution in [2.45, 2.75) is 20.3 Å². The second-order valence-electron chi connectivity index (χ2n) is 5.69. The number of Topliss-reactive ketones (excluding diaryl/α,β-unsaturated/α-hetero) is 1. The summed E-state index contributed by atoms with van der Waals surface area (Å²) in [6, 6.07) is 14.3. The lowest BCUT2D eigenvalue weighted by molar-refractivity contribution is 0.0994. The molecule has 0 spiro atoms. The van der Waals surface area contributed by atoms with Gasteiger partial charge in [-0.1, -0.05) is 36.4 Å². The van der Waals surface area contributed by atoms with Gasteiger partial charge >= 0.3 is 0 Å². The third-order valence-corrected chi connectivity index (χ3v) is 4.13. The van der Waals surface area contributed by atoms with Crippen LogP contribution >= 0.6 is 0 Å². The van der Waals surface area contributed by atoms with Gasteiger partial charge in [0, 0.05) is 36.1 Å². The van der Waals surface area contributed by atoms with Crippen LogP contribution < -0.4 is 0 Å². The third kappa shape index (κ3) is 2.49. The van der Waals surface area contributed by atoms with Crippen LogP contribution in [0.2, 0.25) is 0 Å². The molecule has 3 aromatic rings. The SMILES string of the molecule is Cc1ccc(CC(=O)c2cn(C)c3ccccc23)cc1C. The predicted molar refractivity (Wildman–Crippen MR) is 86.9 cm³/mol. The summed E-state index contributed by atoms with van der Waals surface area (Å²) in [5.74, 6) is 0.176. The van der Waals surface area contributed by atoms with Gasteiger partial charge in [-0.2, -0.15) is 0 Å². The number of benzene rings is 2. The minimum atomic E-state index is 0.176. The Morgan fingerprint density at radius 1 is 1.05 bits per heavy atom. The molecule has 0 bridgehead atoms. The fourth-order valence-corrected chi connectivity index (χ4v) is 2.76. The lowest BCUT2D eigenvalue weighted by Crippen LogP contribution is -2.03. The number of fused-ring (bicyclic) bond motifs is 1.